The molecule has 1 aliphatic carbocycles. The van der Waals surface area contributed by atoms with Gasteiger partial charge in [0.25, 0.3) is 0 Å². The van der Waals surface area contributed by atoms with Gasteiger partial charge in [-0.1, -0.05) is 11.6 Å². The zero-order valence-corrected chi connectivity index (χ0v) is 9.42. The maximum absolute atomic E-state index is 13.7. The Morgan fingerprint density at radius 1 is 1.47 bits per heavy atom. The van der Waals surface area contributed by atoms with Gasteiger partial charge in [-0.2, -0.15) is 0 Å². The predicted molar refractivity (Wildman–Crippen MR) is 60.1 cm³/mol. The minimum absolute atomic E-state index is 0.0585. The fourth-order valence-corrected chi connectivity index (χ4v) is 2.21. The Labute approximate surface area is 101 Å². The molecule has 0 bridgehead atoms. The first kappa shape index (κ1) is 10.6. The number of hydrogen-bond acceptors (Lipinski definition) is 2. The van der Waals surface area contributed by atoms with Crippen LogP contribution in [0.5, 0.6) is 0 Å². The van der Waals surface area contributed by atoms with Crippen LogP contribution in [0.1, 0.15) is 34.9 Å². The number of carboxylic acid groups (broad SMARTS) is 1. The van der Waals surface area contributed by atoms with Crippen LogP contribution in [0, 0.1) is 5.82 Å². The van der Waals surface area contributed by atoms with Gasteiger partial charge >= 0.3 is 5.97 Å². The normalized spacial score (nSPS) is 15.4. The number of benzene rings is 1. The highest BCUT2D eigenvalue weighted by Gasteiger charge is 2.34. The van der Waals surface area contributed by atoms with Crippen molar-refractivity contribution in [3.63, 3.8) is 0 Å². The molecule has 1 fully saturated rings. The molecule has 3 nitrogen and oxygen atoms in total. The molecule has 88 valence electrons. The summed E-state index contributed by atoms with van der Waals surface area (Å²) in [6, 6.07) is 3.04. The summed E-state index contributed by atoms with van der Waals surface area (Å²) in [4.78, 5) is 11.1. The highest BCUT2D eigenvalue weighted by atomic mass is 35.5. The van der Waals surface area contributed by atoms with E-state index in [1.165, 1.54) is 6.07 Å². The Morgan fingerprint density at radius 2 is 2.18 bits per heavy atom. The van der Waals surface area contributed by atoms with Gasteiger partial charge in [0, 0.05) is 10.9 Å². The molecule has 0 saturated heterocycles. The van der Waals surface area contributed by atoms with E-state index in [-0.39, 0.29) is 22.3 Å². The van der Waals surface area contributed by atoms with E-state index >= 15 is 0 Å². The van der Waals surface area contributed by atoms with Gasteiger partial charge in [0.15, 0.2) is 11.4 Å². The molecule has 1 heterocycles. The average molecular weight is 255 g/mol. The van der Waals surface area contributed by atoms with Crippen molar-refractivity contribution in [1.82, 2.24) is 0 Å². The van der Waals surface area contributed by atoms with Gasteiger partial charge in [-0.05, 0) is 30.9 Å². The second kappa shape index (κ2) is 3.47. The second-order valence-electron chi connectivity index (χ2n) is 4.16. The third-order valence-electron chi connectivity index (χ3n) is 2.97. The monoisotopic (exact) mass is 254 g/mol. The summed E-state index contributed by atoms with van der Waals surface area (Å²) in [6.07, 6.45) is 1.83. The van der Waals surface area contributed by atoms with E-state index in [0.717, 1.165) is 12.8 Å². The Balaban J connectivity index is 2.37. The summed E-state index contributed by atoms with van der Waals surface area (Å²) >= 11 is 5.64. The lowest BCUT2D eigenvalue weighted by atomic mass is 10.1. The third-order valence-corrected chi connectivity index (χ3v) is 3.26. The van der Waals surface area contributed by atoms with Crippen molar-refractivity contribution < 1.29 is 18.7 Å². The van der Waals surface area contributed by atoms with Gasteiger partial charge in [-0.15, -0.1) is 0 Å². The van der Waals surface area contributed by atoms with Crippen LogP contribution in [-0.4, -0.2) is 11.1 Å². The Bertz CT molecular complexity index is 628. The lowest BCUT2D eigenvalue weighted by Crippen LogP contribution is -1.97. The molecule has 1 aliphatic rings. The molecule has 1 aromatic heterocycles. The van der Waals surface area contributed by atoms with Gasteiger partial charge in [0.05, 0.1) is 5.02 Å². The molecule has 0 radical (unpaired) electrons. The van der Waals surface area contributed by atoms with E-state index in [0.29, 0.717) is 10.9 Å². The van der Waals surface area contributed by atoms with Crippen molar-refractivity contribution in [3.8, 4) is 0 Å². The molecule has 5 heteroatoms. The van der Waals surface area contributed by atoms with Gasteiger partial charge in [-0.25, -0.2) is 9.18 Å². The van der Waals surface area contributed by atoms with Crippen molar-refractivity contribution in [2.45, 2.75) is 18.8 Å². The smallest absolute Gasteiger partial charge is 0.372 e. The molecular weight excluding hydrogens is 247 g/mol. The average Bonchev–Trinajstić information content (AvgIpc) is 3.04. The molecule has 0 atom stereocenters. The van der Waals surface area contributed by atoms with Crippen molar-refractivity contribution in [1.29, 1.82) is 0 Å². The van der Waals surface area contributed by atoms with Crippen molar-refractivity contribution >= 4 is 28.5 Å². The summed E-state index contributed by atoms with van der Waals surface area (Å²) in [5.41, 5.74) is 0.542. The van der Waals surface area contributed by atoms with Crippen LogP contribution < -0.4 is 0 Å². The molecular formula is C12H8ClFO3. The Hall–Kier alpha value is -1.55. The Kier molecular flexibility index (Phi) is 2.16. The highest BCUT2D eigenvalue weighted by molar-refractivity contribution is 6.31. The van der Waals surface area contributed by atoms with Gasteiger partial charge in [0.2, 0.25) is 5.76 Å². The molecule has 1 N–H and O–H groups in total. The summed E-state index contributed by atoms with van der Waals surface area (Å²) in [7, 11) is 0. The minimum Gasteiger partial charge on any atom is -0.475 e. The minimum atomic E-state index is -1.17. The first-order valence-electron chi connectivity index (χ1n) is 5.23. The number of rotatable bonds is 2. The SMILES string of the molecule is O=C(O)c1oc2c(F)c(Cl)ccc2c1C1CC1. The summed E-state index contributed by atoms with van der Waals surface area (Å²) in [6.45, 7) is 0. The number of aromatic carboxylic acids is 1. The second-order valence-corrected chi connectivity index (χ2v) is 4.57. The van der Waals surface area contributed by atoms with Crippen molar-refractivity contribution in [3.05, 3.63) is 34.3 Å². The maximum Gasteiger partial charge on any atom is 0.372 e. The summed E-state index contributed by atoms with van der Waals surface area (Å²) in [5, 5.41) is 9.51. The molecule has 0 amide bonds. The lowest BCUT2D eigenvalue weighted by molar-refractivity contribution is 0.0663. The number of carboxylic acids is 1. The van der Waals surface area contributed by atoms with E-state index in [2.05, 4.69) is 0 Å². The van der Waals surface area contributed by atoms with Gasteiger partial charge < -0.3 is 9.52 Å². The first-order valence-corrected chi connectivity index (χ1v) is 5.61. The number of carbonyl (C=O) groups is 1. The van der Waals surface area contributed by atoms with E-state index in [1.807, 2.05) is 0 Å². The van der Waals surface area contributed by atoms with Crippen LogP contribution in [-0.2, 0) is 0 Å². The highest BCUT2D eigenvalue weighted by Crippen LogP contribution is 2.47. The largest absolute Gasteiger partial charge is 0.475 e. The van der Waals surface area contributed by atoms with E-state index in [4.69, 9.17) is 21.1 Å². The van der Waals surface area contributed by atoms with Crippen molar-refractivity contribution in [2.75, 3.05) is 0 Å². The van der Waals surface area contributed by atoms with Crippen LogP contribution in [0.2, 0.25) is 5.02 Å². The number of halogens is 2. The molecule has 2 aromatic rings. The zero-order chi connectivity index (χ0) is 12.2. The van der Waals surface area contributed by atoms with E-state index < -0.39 is 11.8 Å². The third kappa shape index (κ3) is 1.52. The van der Waals surface area contributed by atoms with Crippen LogP contribution in [0.15, 0.2) is 16.5 Å². The fourth-order valence-electron chi connectivity index (χ4n) is 2.06. The molecule has 3 rings (SSSR count). The van der Waals surface area contributed by atoms with E-state index in [1.54, 1.807) is 6.07 Å². The molecule has 1 aromatic carbocycles. The summed E-state index contributed by atoms with van der Waals surface area (Å²) < 4.78 is 18.8. The first-order chi connectivity index (χ1) is 8.09. The van der Waals surface area contributed by atoms with Gasteiger partial charge in [0.1, 0.15) is 0 Å². The van der Waals surface area contributed by atoms with Crippen molar-refractivity contribution in [2.24, 2.45) is 0 Å². The quantitative estimate of drug-likeness (QED) is 0.887. The van der Waals surface area contributed by atoms with Crippen LogP contribution in [0.25, 0.3) is 11.0 Å². The van der Waals surface area contributed by atoms with E-state index in [9.17, 15) is 9.18 Å². The standard InChI is InChI=1S/C12H8ClFO3/c13-7-4-3-6-8(5-1-2-5)11(12(15)16)17-10(6)9(7)14/h3-5H,1-2H2,(H,15,16). The fraction of sp³-hybridized carbons (Fsp3) is 0.250. The maximum atomic E-state index is 13.7. The number of furan rings is 1. The topological polar surface area (TPSA) is 50.4 Å². The number of hydrogen-bond donors (Lipinski definition) is 1. The predicted octanol–water partition coefficient (Wildman–Crippen LogP) is 3.80. The molecule has 17 heavy (non-hydrogen) atoms. The lowest BCUT2D eigenvalue weighted by Gasteiger charge is -1.96. The van der Waals surface area contributed by atoms with Crippen LogP contribution in [0.3, 0.4) is 0 Å². The number of fused-ring (bicyclic) bond motifs is 1. The van der Waals surface area contributed by atoms with Crippen LogP contribution in [0.4, 0.5) is 4.39 Å². The summed E-state index contributed by atoms with van der Waals surface area (Å²) in [5.74, 6) is -1.86. The molecule has 0 aliphatic heterocycles. The van der Waals surface area contributed by atoms with Gasteiger partial charge in [-0.3, -0.25) is 0 Å². The van der Waals surface area contributed by atoms with Crippen LogP contribution >= 0.6 is 11.6 Å². The molecule has 0 spiro atoms. The molecule has 1 saturated carbocycles. The molecule has 0 unspecified atom stereocenters. The zero-order valence-electron chi connectivity index (χ0n) is 8.67. The Morgan fingerprint density at radius 3 is 2.76 bits per heavy atom.